The number of rotatable bonds is 1. The zero-order chi connectivity index (χ0) is 15.3. The SMILES string of the molecule is Cc1cc([C@H](C)O)c2c(c1O)CCc1c-2ccc(O)c1C. The van der Waals surface area contributed by atoms with Gasteiger partial charge in [0, 0.05) is 5.56 Å². The molecule has 2 aromatic carbocycles. The first-order valence-electron chi connectivity index (χ1n) is 7.27. The van der Waals surface area contributed by atoms with Crippen LogP contribution in [0.25, 0.3) is 11.1 Å². The van der Waals surface area contributed by atoms with Crippen LogP contribution in [0, 0.1) is 13.8 Å². The van der Waals surface area contributed by atoms with Crippen LogP contribution >= 0.6 is 0 Å². The minimum Gasteiger partial charge on any atom is -0.508 e. The number of benzene rings is 2. The fraction of sp³-hybridized carbons (Fsp3) is 0.333. The standard InChI is InChI=1S/C18H20O3/c1-9-8-15(11(3)19)17-13-6-7-16(20)10(2)12(13)4-5-14(17)18(9)21/h6-8,11,19-21H,4-5H2,1-3H3/t11-/m0/s1. The first-order chi connectivity index (χ1) is 9.91. The van der Waals surface area contributed by atoms with Crippen molar-refractivity contribution in [2.45, 2.75) is 39.7 Å². The summed E-state index contributed by atoms with van der Waals surface area (Å²) in [6, 6.07) is 5.43. The highest BCUT2D eigenvalue weighted by molar-refractivity contribution is 5.81. The van der Waals surface area contributed by atoms with E-state index in [-0.39, 0.29) is 0 Å². The molecule has 1 aliphatic carbocycles. The molecule has 0 saturated carbocycles. The van der Waals surface area contributed by atoms with Gasteiger partial charge in [-0.25, -0.2) is 0 Å². The Labute approximate surface area is 124 Å². The Kier molecular flexibility index (Phi) is 3.18. The molecule has 3 rings (SSSR count). The maximum Gasteiger partial charge on any atom is 0.122 e. The third kappa shape index (κ3) is 2.00. The summed E-state index contributed by atoms with van der Waals surface area (Å²) in [4.78, 5) is 0. The molecular weight excluding hydrogens is 264 g/mol. The predicted molar refractivity (Wildman–Crippen MR) is 82.7 cm³/mol. The van der Waals surface area contributed by atoms with Gasteiger partial charge in [0.1, 0.15) is 11.5 Å². The number of aliphatic hydroxyl groups is 1. The molecule has 21 heavy (non-hydrogen) atoms. The van der Waals surface area contributed by atoms with Crippen LogP contribution in [0.1, 0.15) is 40.8 Å². The second-order valence-corrected chi connectivity index (χ2v) is 5.90. The van der Waals surface area contributed by atoms with Crippen molar-refractivity contribution in [3.8, 4) is 22.6 Å². The van der Waals surface area contributed by atoms with Gasteiger partial charge < -0.3 is 15.3 Å². The molecule has 1 aliphatic rings. The van der Waals surface area contributed by atoms with Crippen molar-refractivity contribution in [2.75, 3.05) is 0 Å². The number of aromatic hydroxyl groups is 2. The third-order valence-corrected chi connectivity index (χ3v) is 4.54. The molecule has 3 heteroatoms. The smallest absolute Gasteiger partial charge is 0.122 e. The predicted octanol–water partition coefficient (Wildman–Crippen LogP) is 3.53. The molecule has 0 aromatic heterocycles. The van der Waals surface area contributed by atoms with Crippen LogP contribution in [-0.4, -0.2) is 15.3 Å². The lowest BCUT2D eigenvalue weighted by Crippen LogP contribution is -2.10. The molecule has 0 heterocycles. The Bertz CT molecular complexity index is 730. The molecule has 0 fully saturated rings. The lowest BCUT2D eigenvalue weighted by Gasteiger charge is -2.27. The fourth-order valence-electron chi connectivity index (χ4n) is 3.35. The molecule has 0 bridgehead atoms. The summed E-state index contributed by atoms with van der Waals surface area (Å²) in [6.45, 7) is 5.52. The van der Waals surface area contributed by atoms with E-state index in [9.17, 15) is 15.3 Å². The first kappa shape index (κ1) is 14.0. The summed E-state index contributed by atoms with van der Waals surface area (Å²) in [6.07, 6.45) is 0.914. The van der Waals surface area contributed by atoms with Crippen molar-refractivity contribution in [1.29, 1.82) is 0 Å². The minimum atomic E-state index is -0.599. The number of phenols is 2. The van der Waals surface area contributed by atoms with E-state index in [0.717, 1.165) is 51.8 Å². The van der Waals surface area contributed by atoms with Gasteiger partial charge in [-0.1, -0.05) is 6.07 Å². The molecule has 0 unspecified atom stereocenters. The number of phenolic OH excluding ortho intramolecular Hbond substituents is 2. The molecule has 3 N–H and O–H groups in total. The van der Waals surface area contributed by atoms with E-state index in [4.69, 9.17) is 0 Å². The highest BCUT2D eigenvalue weighted by Crippen LogP contribution is 2.45. The van der Waals surface area contributed by atoms with Crippen LogP contribution in [0.15, 0.2) is 18.2 Å². The maximum absolute atomic E-state index is 10.4. The average Bonchev–Trinajstić information content (AvgIpc) is 2.45. The van der Waals surface area contributed by atoms with Gasteiger partial charge >= 0.3 is 0 Å². The van der Waals surface area contributed by atoms with Gasteiger partial charge in [0.05, 0.1) is 6.10 Å². The van der Waals surface area contributed by atoms with Gasteiger partial charge in [-0.2, -0.15) is 0 Å². The minimum absolute atomic E-state index is 0.298. The van der Waals surface area contributed by atoms with Gasteiger partial charge in [0.25, 0.3) is 0 Å². The van der Waals surface area contributed by atoms with Crippen molar-refractivity contribution in [2.24, 2.45) is 0 Å². The Morgan fingerprint density at radius 1 is 1.05 bits per heavy atom. The van der Waals surface area contributed by atoms with Gasteiger partial charge in [0.2, 0.25) is 0 Å². The summed E-state index contributed by atoms with van der Waals surface area (Å²) >= 11 is 0. The largest absolute Gasteiger partial charge is 0.508 e. The zero-order valence-corrected chi connectivity index (χ0v) is 12.6. The zero-order valence-electron chi connectivity index (χ0n) is 12.6. The third-order valence-electron chi connectivity index (χ3n) is 4.54. The average molecular weight is 284 g/mol. The Morgan fingerprint density at radius 3 is 2.38 bits per heavy atom. The molecule has 0 radical (unpaired) electrons. The molecule has 1 atom stereocenters. The summed E-state index contributed by atoms with van der Waals surface area (Å²) in [7, 11) is 0. The van der Waals surface area contributed by atoms with E-state index in [1.807, 2.05) is 26.0 Å². The Morgan fingerprint density at radius 2 is 1.71 bits per heavy atom. The van der Waals surface area contributed by atoms with E-state index < -0.39 is 6.10 Å². The first-order valence-corrected chi connectivity index (χ1v) is 7.27. The van der Waals surface area contributed by atoms with E-state index >= 15 is 0 Å². The summed E-state index contributed by atoms with van der Waals surface area (Å²) in [5.41, 5.74) is 6.47. The Balaban J connectivity index is 2.38. The normalized spacial score (nSPS) is 14.5. The highest BCUT2D eigenvalue weighted by Gasteiger charge is 2.26. The van der Waals surface area contributed by atoms with Crippen LogP contribution in [-0.2, 0) is 12.8 Å². The lowest BCUT2D eigenvalue weighted by atomic mass is 9.79. The topological polar surface area (TPSA) is 60.7 Å². The number of aliphatic hydroxyl groups excluding tert-OH is 1. The van der Waals surface area contributed by atoms with Crippen molar-refractivity contribution >= 4 is 0 Å². The van der Waals surface area contributed by atoms with Crippen LogP contribution in [0.2, 0.25) is 0 Å². The molecule has 0 spiro atoms. The molecular formula is C18H20O3. The summed E-state index contributed by atoms with van der Waals surface area (Å²) in [5.74, 6) is 0.623. The lowest BCUT2D eigenvalue weighted by molar-refractivity contribution is 0.199. The van der Waals surface area contributed by atoms with E-state index in [0.29, 0.717) is 11.5 Å². The van der Waals surface area contributed by atoms with Crippen molar-refractivity contribution in [3.05, 3.63) is 46.0 Å². The second kappa shape index (κ2) is 4.78. The van der Waals surface area contributed by atoms with E-state index in [1.54, 1.807) is 13.0 Å². The summed E-state index contributed by atoms with van der Waals surface area (Å²) < 4.78 is 0. The molecule has 2 aromatic rings. The quantitative estimate of drug-likeness (QED) is 0.750. The molecule has 110 valence electrons. The van der Waals surface area contributed by atoms with Gasteiger partial charge in [-0.3, -0.25) is 0 Å². The number of hydrogen-bond acceptors (Lipinski definition) is 3. The number of aryl methyl sites for hydroxylation is 1. The van der Waals surface area contributed by atoms with Crippen LogP contribution < -0.4 is 0 Å². The second-order valence-electron chi connectivity index (χ2n) is 5.90. The molecule has 0 saturated heterocycles. The van der Waals surface area contributed by atoms with Gasteiger partial charge in [-0.15, -0.1) is 0 Å². The van der Waals surface area contributed by atoms with Crippen molar-refractivity contribution < 1.29 is 15.3 Å². The van der Waals surface area contributed by atoms with E-state index in [2.05, 4.69) is 0 Å². The molecule has 0 aliphatic heterocycles. The van der Waals surface area contributed by atoms with Gasteiger partial charge in [-0.05, 0) is 79.1 Å². The number of hydrogen-bond donors (Lipinski definition) is 3. The maximum atomic E-state index is 10.4. The van der Waals surface area contributed by atoms with Crippen molar-refractivity contribution in [3.63, 3.8) is 0 Å². The monoisotopic (exact) mass is 284 g/mol. The Hall–Kier alpha value is -2.00. The fourth-order valence-corrected chi connectivity index (χ4v) is 3.35. The molecule has 3 nitrogen and oxygen atoms in total. The van der Waals surface area contributed by atoms with Crippen LogP contribution in [0.4, 0.5) is 0 Å². The highest BCUT2D eigenvalue weighted by atomic mass is 16.3. The van der Waals surface area contributed by atoms with Crippen LogP contribution in [0.5, 0.6) is 11.5 Å². The number of fused-ring (bicyclic) bond motifs is 3. The molecule has 0 amide bonds. The van der Waals surface area contributed by atoms with Gasteiger partial charge in [0.15, 0.2) is 0 Å². The summed E-state index contributed by atoms with van der Waals surface area (Å²) in [5, 5.41) is 30.4. The van der Waals surface area contributed by atoms with Crippen molar-refractivity contribution in [1.82, 2.24) is 0 Å². The van der Waals surface area contributed by atoms with E-state index in [1.165, 1.54) is 0 Å². The van der Waals surface area contributed by atoms with Crippen LogP contribution in [0.3, 0.4) is 0 Å².